The fraction of sp³-hybridized carbons (Fsp3) is 0.290. The van der Waals surface area contributed by atoms with E-state index in [2.05, 4.69) is 19.2 Å². The molecule has 0 saturated heterocycles. The summed E-state index contributed by atoms with van der Waals surface area (Å²) in [6, 6.07) is 21.7. The lowest BCUT2D eigenvalue weighted by molar-refractivity contribution is -0.116. The van der Waals surface area contributed by atoms with Gasteiger partial charge in [0, 0.05) is 23.5 Å². The van der Waals surface area contributed by atoms with Gasteiger partial charge in [-0.3, -0.25) is 14.7 Å². The molecular weight excluding hydrogens is 524 g/mol. The number of nitrogens with one attached hydrogen (secondary N) is 1. The van der Waals surface area contributed by atoms with Gasteiger partial charge in [-0.2, -0.15) is 4.31 Å². The van der Waals surface area contributed by atoms with Crippen molar-refractivity contribution in [2.75, 3.05) is 19.0 Å². The Morgan fingerprint density at radius 1 is 0.950 bits per heavy atom. The third kappa shape index (κ3) is 6.43. The SMILES string of the molecule is COc1ccc(-c2cn(-c3ccc(C(C)C)cc3)c(NC(=O)CN(C(C)C)S(=O)(=O)c3ccc(C)cc3)n2)cc1. The number of benzene rings is 3. The van der Waals surface area contributed by atoms with E-state index in [-0.39, 0.29) is 11.4 Å². The van der Waals surface area contributed by atoms with Gasteiger partial charge >= 0.3 is 0 Å². The van der Waals surface area contributed by atoms with Gasteiger partial charge in [0.1, 0.15) is 5.75 Å². The number of carbonyl (C=O) groups excluding carboxylic acids is 1. The molecule has 0 aliphatic carbocycles. The van der Waals surface area contributed by atoms with E-state index in [0.29, 0.717) is 17.6 Å². The van der Waals surface area contributed by atoms with Crippen molar-refractivity contribution >= 4 is 21.9 Å². The minimum Gasteiger partial charge on any atom is -0.497 e. The Morgan fingerprint density at radius 2 is 1.57 bits per heavy atom. The molecule has 1 aromatic heterocycles. The molecule has 0 aliphatic rings. The van der Waals surface area contributed by atoms with Gasteiger partial charge in [0.2, 0.25) is 21.9 Å². The second kappa shape index (κ2) is 12.1. The summed E-state index contributed by atoms with van der Waals surface area (Å²) in [5.74, 6) is 0.911. The van der Waals surface area contributed by atoms with E-state index in [0.717, 1.165) is 22.6 Å². The molecule has 0 spiro atoms. The molecule has 0 radical (unpaired) electrons. The van der Waals surface area contributed by atoms with Gasteiger partial charge in [-0.25, -0.2) is 13.4 Å². The number of nitrogens with zero attached hydrogens (tertiary/aromatic N) is 3. The molecule has 0 fully saturated rings. The maximum absolute atomic E-state index is 13.4. The van der Waals surface area contributed by atoms with Gasteiger partial charge in [-0.1, -0.05) is 43.7 Å². The molecule has 0 unspecified atom stereocenters. The van der Waals surface area contributed by atoms with Gasteiger partial charge in [0.15, 0.2) is 0 Å². The molecule has 8 nitrogen and oxygen atoms in total. The number of sulfonamides is 1. The van der Waals surface area contributed by atoms with Crippen LogP contribution >= 0.6 is 0 Å². The van der Waals surface area contributed by atoms with Crippen LogP contribution in [0, 0.1) is 6.92 Å². The van der Waals surface area contributed by atoms with Gasteiger partial charge in [-0.15, -0.1) is 0 Å². The van der Waals surface area contributed by atoms with Gasteiger partial charge < -0.3 is 4.74 Å². The molecule has 0 aliphatic heterocycles. The van der Waals surface area contributed by atoms with Gasteiger partial charge in [0.25, 0.3) is 0 Å². The number of ether oxygens (including phenoxy) is 1. The number of aryl methyl sites for hydroxylation is 1. The fourth-order valence-corrected chi connectivity index (χ4v) is 5.88. The first-order valence-corrected chi connectivity index (χ1v) is 14.7. The molecule has 1 amide bonds. The number of hydrogen-bond acceptors (Lipinski definition) is 5. The molecule has 1 heterocycles. The Balaban J connectivity index is 1.66. The highest BCUT2D eigenvalue weighted by molar-refractivity contribution is 7.89. The van der Waals surface area contributed by atoms with Crippen molar-refractivity contribution in [3.8, 4) is 22.7 Å². The Bertz CT molecular complexity index is 1560. The first-order chi connectivity index (χ1) is 19.0. The molecule has 1 N–H and O–H groups in total. The number of methoxy groups -OCH3 is 1. The highest BCUT2D eigenvalue weighted by Crippen LogP contribution is 2.27. The number of carbonyl (C=O) groups is 1. The van der Waals surface area contributed by atoms with E-state index in [1.165, 1.54) is 9.87 Å². The van der Waals surface area contributed by atoms with Crippen molar-refractivity contribution in [2.45, 2.75) is 51.5 Å². The van der Waals surface area contributed by atoms with Crippen LogP contribution < -0.4 is 10.1 Å². The van der Waals surface area contributed by atoms with Gasteiger partial charge in [-0.05, 0) is 80.8 Å². The van der Waals surface area contributed by atoms with Crippen LogP contribution in [0.25, 0.3) is 16.9 Å². The molecule has 0 saturated carbocycles. The molecule has 210 valence electrons. The molecule has 9 heteroatoms. The van der Waals surface area contributed by atoms with Crippen LogP contribution in [0.1, 0.15) is 44.7 Å². The van der Waals surface area contributed by atoms with Crippen LogP contribution in [0.4, 0.5) is 5.95 Å². The Morgan fingerprint density at radius 3 is 2.12 bits per heavy atom. The highest BCUT2D eigenvalue weighted by Gasteiger charge is 2.29. The third-order valence-corrected chi connectivity index (χ3v) is 8.72. The molecular formula is C31H36N4O4S. The summed E-state index contributed by atoms with van der Waals surface area (Å²) in [5.41, 5.74) is 4.46. The smallest absolute Gasteiger partial charge is 0.243 e. The zero-order valence-corrected chi connectivity index (χ0v) is 24.6. The van der Waals surface area contributed by atoms with E-state index in [1.54, 1.807) is 49.8 Å². The lowest BCUT2D eigenvalue weighted by Gasteiger charge is -2.25. The number of rotatable bonds is 10. The summed E-state index contributed by atoms with van der Waals surface area (Å²) >= 11 is 0. The van der Waals surface area contributed by atoms with Crippen molar-refractivity contribution in [1.29, 1.82) is 0 Å². The number of amides is 1. The average Bonchev–Trinajstić information content (AvgIpc) is 3.35. The quantitative estimate of drug-likeness (QED) is 0.256. The van der Waals surface area contributed by atoms with Crippen molar-refractivity contribution in [3.05, 3.63) is 90.1 Å². The fourth-order valence-electron chi connectivity index (χ4n) is 4.28. The monoisotopic (exact) mass is 560 g/mol. The topological polar surface area (TPSA) is 93.5 Å². The maximum atomic E-state index is 13.4. The first-order valence-electron chi connectivity index (χ1n) is 13.2. The van der Waals surface area contributed by atoms with Crippen LogP contribution in [0.2, 0.25) is 0 Å². The van der Waals surface area contributed by atoms with E-state index in [1.807, 2.05) is 61.7 Å². The molecule has 3 aromatic carbocycles. The second-order valence-corrected chi connectivity index (χ2v) is 12.2. The molecule has 0 atom stereocenters. The van der Waals surface area contributed by atoms with Crippen LogP contribution in [0.15, 0.2) is 83.9 Å². The summed E-state index contributed by atoms with van der Waals surface area (Å²) in [5, 5.41) is 2.86. The highest BCUT2D eigenvalue weighted by atomic mass is 32.2. The van der Waals surface area contributed by atoms with Crippen LogP contribution in [-0.2, 0) is 14.8 Å². The average molecular weight is 561 g/mol. The van der Waals surface area contributed by atoms with Crippen molar-refractivity contribution in [2.24, 2.45) is 0 Å². The largest absolute Gasteiger partial charge is 0.497 e. The van der Waals surface area contributed by atoms with E-state index in [9.17, 15) is 13.2 Å². The van der Waals surface area contributed by atoms with E-state index < -0.39 is 22.0 Å². The van der Waals surface area contributed by atoms with Crippen LogP contribution in [0.5, 0.6) is 5.75 Å². The predicted octanol–water partition coefficient (Wildman–Crippen LogP) is 6.02. The summed E-state index contributed by atoms with van der Waals surface area (Å²) in [4.78, 5) is 18.2. The minimum atomic E-state index is -3.89. The molecule has 40 heavy (non-hydrogen) atoms. The molecule has 4 aromatic rings. The second-order valence-electron chi connectivity index (χ2n) is 10.3. The standard InChI is InChI=1S/C31H36N4O4S/c1-21(2)24-9-13-26(14-10-24)34-19-29(25-11-15-27(39-6)16-12-25)32-31(34)33-30(36)20-35(22(3)4)40(37,38)28-17-7-23(5)8-18-28/h7-19,21-22H,20H2,1-6H3,(H,32,33,36). The van der Waals surface area contributed by atoms with Crippen molar-refractivity contribution in [3.63, 3.8) is 0 Å². The van der Waals surface area contributed by atoms with Gasteiger partial charge in [0.05, 0.1) is 24.2 Å². The number of imidazole rings is 1. The summed E-state index contributed by atoms with van der Waals surface area (Å²) in [6.07, 6.45) is 1.85. The summed E-state index contributed by atoms with van der Waals surface area (Å²) in [6.45, 7) is 9.29. The van der Waals surface area contributed by atoms with Crippen LogP contribution in [0.3, 0.4) is 0 Å². The van der Waals surface area contributed by atoms with E-state index >= 15 is 0 Å². The minimum absolute atomic E-state index is 0.146. The summed E-state index contributed by atoms with van der Waals surface area (Å²) in [7, 11) is -2.28. The van der Waals surface area contributed by atoms with Crippen molar-refractivity contribution < 1.29 is 17.9 Å². The maximum Gasteiger partial charge on any atom is 0.243 e. The number of aromatic nitrogens is 2. The lowest BCUT2D eigenvalue weighted by atomic mass is 10.0. The molecule has 4 rings (SSSR count). The summed E-state index contributed by atoms with van der Waals surface area (Å²) < 4.78 is 35.1. The normalized spacial score (nSPS) is 11.8. The third-order valence-electron chi connectivity index (χ3n) is 6.68. The van der Waals surface area contributed by atoms with E-state index in [4.69, 9.17) is 9.72 Å². The number of anilines is 1. The Kier molecular flexibility index (Phi) is 8.76. The lowest BCUT2D eigenvalue weighted by Crippen LogP contribution is -2.42. The van der Waals surface area contributed by atoms with Crippen LogP contribution in [-0.4, -0.2) is 47.9 Å². The number of hydrogen-bond donors (Lipinski definition) is 1. The predicted molar refractivity (Wildman–Crippen MR) is 158 cm³/mol. The zero-order valence-electron chi connectivity index (χ0n) is 23.8. The zero-order chi connectivity index (χ0) is 29.0. The Hall–Kier alpha value is -3.95. The first kappa shape index (κ1) is 29.0. The molecule has 0 bridgehead atoms. The Labute approximate surface area is 236 Å². The van der Waals surface area contributed by atoms with Crippen molar-refractivity contribution in [1.82, 2.24) is 13.9 Å².